The Balaban J connectivity index is 1.99. The van der Waals surface area contributed by atoms with Crippen LogP contribution in [0.1, 0.15) is 22.8 Å². The third-order valence-corrected chi connectivity index (χ3v) is 3.33. The van der Waals surface area contributed by atoms with Crippen LogP contribution >= 0.6 is 0 Å². The van der Waals surface area contributed by atoms with Gasteiger partial charge in [-0.05, 0) is 38.6 Å². The van der Waals surface area contributed by atoms with E-state index in [2.05, 4.69) is 15.6 Å². The van der Waals surface area contributed by atoms with Gasteiger partial charge < -0.3 is 15.2 Å². The van der Waals surface area contributed by atoms with Crippen molar-refractivity contribution in [2.24, 2.45) is 0 Å². The molecule has 0 bridgehead atoms. The normalized spacial score (nSPS) is 12.1. The lowest BCUT2D eigenvalue weighted by Crippen LogP contribution is -2.36. The van der Waals surface area contributed by atoms with Crippen LogP contribution in [0.5, 0.6) is 0 Å². The van der Waals surface area contributed by atoms with Gasteiger partial charge >= 0.3 is 0 Å². The Hall–Kier alpha value is -2.14. The molecule has 5 heteroatoms. The van der Waals surface area contributed by atoms with Gasteiger partial charge in [-0.1, -0.05) is 18.2 Å². The van der Waals surface area contributed by atoms with Crippen LogP contribution in [-0.2, 0) is 13.0 Å². The van der Waals surface area contributed by atoms with E-state index in [1.54, 1.807) is 12.5 Å². The lowest BCUT2D eigenvalue weighted by molar-refractivity contribution is 0.0936. The minimum atomic E-state index is -0.0191. The van der Waals surface area contributed by atoms with Crippen molar-refractivity contribution in [2.75, 3.05) is 13.6 Å². The van der Waals surface area contributed by atoms with Crippen LogP contribution in [0.25, 0.3) is 0 Å². The molecule has 0 aliphatic carbocycles. The van der Waals surface area contributed by atoms with Crippen LogP contribution in [0.4, 0.5) is 0 Å². The fourth-order valence-electron chi connectivity index (χ4n) is 2.28. The van der Waals surface area contributed by atoms with E-state index in [0.717, 1.165) is 24.1 Å². The molecule has 1 heterocycles. The fourth-order valence-corrected chi connectivity index (χ4v) is 2.28. The number of amides is 1. The summed E-state index contributed by atoms with van der Waals surface area (Å²) < 4.78 is 1.96. The van der Waals surface area contributed by atoms with Gasteiger partial charge in [-0.3, -0.25) is 4.79 Å². The second-order valence-corrected chi connectivity index (χ2v) is 5.14. The van der Waals surface area contributed by atoms with Crippen molar-refractivity contribution in [3.05, 3.63) is 54.1 Å². The molecule has 1 atom stereocenters. The average molecular weight is 286 g/mol. The van der Waals surface area contributed by atoms with Crippen molar-refractivity contribution in [2.45, 2.75) is 25.9 Å². The van der Waals surface area contributed by atoms with E-state index in [0.29, 0.717) is 6.54 Å². The molecule has 0 aliphatic rings. The number of benzene rings is 1. The minimum absolute atomic E-state index is 0.0191. The second kappa shape index (κ2) is 7.59. The second-order valence-electron chi connectivity index (χ2n) is 5.14. The minimum Gasteiger partial charge on any atom is -0.348 e. The standard InChI is InChI=1S/C16H22N4O/c1-13(11-20-10-9-18-12-20)19-16(21)15-6-4-3-5-14(15)7-8-17-2/h3-6,9-10,12-13,17H,7-8,11H2,1-2H3,(H,19,21). The maximum atomic E-state index is 12.4. The van der Waals surface area contributed by atoms with Crippen molar-refractivity contribution in [1.29, 1.82) is 0 Å². The Kier molecular flexibility index (Phi) is 5.51. The Morgan fingerprint density at radius 1 is 1.38 bits per heavy atom. The number of aromatic nitrogens is 2. The lowest BCUT2D eigenvalue weighted by atomic mass is 10.0. The lowest BCUT2D eigenvalue weighted by Gasteiger charge is -2.16. The van der Waals surface area contributed by atoms with E-state index < -0.39 is 0 Å². The fraction of sp³-hybridized carbons (Fsp3) is 0.375. The van der Waals surface area contributed by atoms with Crippen LogP contribution in [0.2, 0.25) is 0 Å². The molecule has 0 spiro atoms. The number of nitrogens with one attached hydrogen (secondary N) is 2. The zero-order valence-electron chi connectivity index (χ0n) is 12.5. The molecule has 0 saturated carbocycles. The molecule has 0 saturated heterocycles. The van der Waals surface area contributed by atoms with Crippen LogP contribution < -0.4 is 10.6 Å². The topological polar surface area (TPSA) is 59.0 Å². The zero-order chi connectivity index (χ0) is 15.1. The maximum Gasteiger partial charge on any atom is 0.251 e. The molecule has 0 fully saturated rings. The molecule has 5 nitrogen and oxygen atoms in total. The maximum absolute atomic E-state index is 12.4. The van der Waals surface area contributed by atoms with Gasteiger partial charge in [0.2, 0.25) is 0 Å². The number of carbonyl (C=O) groups is 1. The third-order valence-electron chi connectivity index (χ3n) is 3.33. The van der Waals surface area contributed by atoms with E-state index in [9.17, 15) is 4.79 Å². The molecule has 1 aromatic carbocycles. The first-order chi connectivity index (χ1) is 10.2. The van der Waals surface area contributed by atoms with Crippen molar-refractivity contribution in [3.8, 4) is 0 Å². The molecule has 112 valence electrons. The number of likely N-dealkylation sites (N-methyl/N-ethyl adjacent to an activating group) is 1. The SMILES string of the molecule is CNCCc1ccccc1C(=O)NC(C)Cn1ccnc1. The number of carbonyl (C=O) groups excluding carboxylic acids is 1. The van der Waals surface area contributed by atoms with Crippen molar-refractivity contribution < 1.29 is 4.79 Å². The Labute approximate surface area is 125 Å². The van der Waals surface area contributed by atoms with Crippen molar-refractivity contribution >= 4 is 5.91 Å². The summed E-state index contributed by atoms with van der Waals surface area (Å²) in [5, 5.41) is 6.15. The molecule has 1 aromatic heterocycles. The summed E-state index contributed by atoms with van der Waals surface area (Å²) in [5.74, 6) is -0.0191. The summed E-state index contributed by atoms with van der Waals surface area (Å²) in [6.07, 6.45) is 6.23. The molecule has 2 aromatic rings. The summed E-state index contributed by atoms with van der Waals surface area (Å²) in [6.45, 7) is 3.56. The van der Waals surface area contributed by atoms with E-state index in [1.807, 2.05) is 49.0 Å². The predicted molar refractivity (Wildman–Crippen MR) is 83.2 cm³/mol. The number of hydrogen-bond donors (Lipinski definition) is 2. The summed E-state index contributed by atoms with van der Waals surface area (Å²) in [5.41, 5.74) is 1.82. The molecule has 21 heavy (non-hydrogen) atoms. The molecule has 0 radical (unpaired) electrons. The largest absolute Gasteiger partial charge is 0.348 e. The number of imidazole rings is 1. The number of hydrogen-bond acceptors (Lipinski definition) is 3. The quantitative estimate of drug-likeness (QED) is 0.810. The first kappa shape index (κ1) is 15.3. The monoisotopic (exact) mass is 286 g/mol. The summed E-state index contributed by atoms with van der Waals surface area (Å²) >= 11 is 0. The highest BCUT2D eigenvalue weighted by Gasteiger charge is 2.13. The molecule has 2 N–H and O–H groups in total. The summed E-state index contributed by atoms with van der Waals surface area (Å²) in [6, 6.07) is 7.80. The Bertz CT molecular complexity index is 565. The highest BCUT2D eigenvalue weighted by Crippen LogP contribution is 2.09. The molecule has 0 aliphatic heterocycles. The van der Waals surface area contributed by atoms with Gasteiger partial charge in [0.1, 0.15) is 0 Å². The van der Waals surface area contributed by atoms with E-state index in [4.69, 9.17) is 0 Å². The highest BCUT2D eigenvalue weighted by molar-refractivity contribution is 5.95. The summed E-state index contributed by atoms with van der Waals surface area (Å²) in [7, 11) is 1.91. The summed E-state index contributed by atoms with van der Waals surface area (Å²) in [4.78, 5) is 16.4. The van der Waals surface area contributed by atoms with E-state index >= 15 is 0 Å². The van der Waals surface area contributed by atoms with Gasteiger partial charge in [-0.25, -0.2) is 4.98 Å². The van der Waals surface area contributed by atoms with Gasteiger partial charge in [-0.2, -0.15) is 0 Å². The van der Waals surface area contributed by atoms with Crippen molar-refractivity contribution in [1.82, 2.24) is 20.2 Å². The average Bonchev–Trinajstić information content (AvgIpc) is 2.98. The van der Waals surface area contributed by atoms with Gasteiger partial charge in [0.15, 0.2) is 0 Å². The molecule has 1 amide bonds. The highest BCUT2D eigenvalue weighted by atomic mass is 16.1. The third kappa shape index (κ3) is 4.43. The Morgan fingerprint density at radius 3 is 2.90 bits per heavy atom. The predicted octanol–water partition coefficient (Wildman–Crippen LogP) is 1.46. The van der Waals surface area contributed by atoms with Crippen LogP contribution in [0, 0.1) is 0 Å². The first-order valence-corrected chi connectivity index (χ1v) is 7.20. The van der Waals surface area contributed by atoms with Gasteiger partial charge in [0, 0.05) is 30.5 Å². The van der Waals surface area contributed by atoms with Crippen molar-refractivity contribution in [3.63, 3.8) is 0 Å². The number of nitrogens with zero attached hydrogens (tertiary/aromatic N) is 2. The first-order valence-electron chi connectivity index (χ1n) is 7.20. The molecular formula is C16H22N4O. The van der Waals surface area contributed by atoms with Gasteiger partial charge in [0.25, 0.3) is 5.91 Å². The Morgan fingerprint density at radius 2 is 2.19 bits per heavy atom. The smallest absolute Gasteiger partial charge is 0.251 e. The number of rotatable bonds is 7. The van der Waals surface area contributed by atoms with Gasteiger partial charge in [-0.15, -0.1) is 0 Å². The van der Waals surface area contributed by atoms with Crippen LogP contribution in [-0.4, -0.2) is 35.1 Å². The van der Waals surface area contributed by atoms with Crippen LogP contribution in [0.15, 0.2) is 43.0 Å². The molecule has 1 unspecified atom stereocenters. The van der Waals surface area contributed by atoms with Crippen LogP contribution in [0.3, 0.4) is 0 Å². The van der Waals surface area contributed by atoms with E-state index in [-0.39, 0.29) is 11.9 Å². The zero-order valence-corrected chi connectivity index (χ0v) is 12.5. The molecular weight excluding hydrogens is 264 g/mol. The van der Waals surface area contributed by atoms with E-state index in [1.165, 1.54) is 0 Å². The van der Waals surface area contributed by atoms with Gasteiger partial charge in [0.05, 0.1) is 6.33 Å². The molecule has 2 rings (SSSR count).